The van der Waals surface area contributed by atoms with E-state index in [9.17, 15) is 9.59 Å². The molecule has 3 aromatic rings. The van der Waals surface area contributed by atoms with Crippen LogP contribution in [0.1, 0.15) is 24.8 Å². The normalized spacial score (nSPS) is 16.0. The molecule has 2 aliphatic rings. The van der Waals surface area contributed by atoms with Gasteiger partial charge in [0.1, 0.15) is 6.54 Å². The highest BCUT2D eigenvalue weighted by atomic mass is 32.2. The fourth-order valence-corrected chi connectivity index (χ4v) is 5.41. The summed E-state index contributed by atoms with van der Waals surface area (Å²) in [5, 5.41) is 0.729. The van der Waals surface area contributed by atoms with Gasteiger partial charge < -0.3 is 14.4 Å². The molecule has 0 spiro atoms. The van der Waals surface area contributed by atoms with E-state index in [0.29, 0.717) is 5.75 Å². The summed E-state index contributed by atoms with van der Waals surface area (Å²) < 4.78 is 1.97. The first-order chi connectivity index (χ1) is 15.2. The number of nitrogens with zero attached hydrogens (tertiary/aromatic N) is 4. The molecular formula is C24H26N4O2S. The Morgan fingerprint density at radius 1 is 0.903 bits per heavy atom. The summed E-state index contributed by atoms with van der Waals surface area (Å²) in [5.41, 5.74) is 4.05. The number of hydrogen-bond donors (Lipinski definition) is 0. The van der Waals surface area contributed by atoms with Crippen LogP contribution in [0.4, 0.5) is 5.69 Å². The van der Waals surface area contributed by atoms with Gasteiger partial charge in [-0.1, -0.05) is 42.1 Å². The maximum Gasteiger partial charge on any atom is 0.242 e. The molecule has 2 amide bonds. The predicted molar refractivity (Wildman–Crippen MR) is 123 cm³/mol. The van der Waals surface area contributed by atoms with Crippen LogP contribution in [-0.2, 0) is 22.6 Å². The SMILES string of the molecule is O=C(Cn1c(SCC(=O)N2CCCc3ccccc32)nc2ccccc21)N1CCCC1. The number of anilines is 1. The number of benzene rings is 2. The van der Waals surface area contributed by atoms with Crippen LogP contribution < -0.4 is 4.90 Å². The van der Waals surface area contributed by atoms with Gasteiger partial charge in [-0.3, -0.25) is 9.59 Å². The summed E-state index contributed by atoms with van der Waals surface area (Å²) in [6.45, 7) is 2.69. The number of hydrogen-bond acceptors (Lipinski definition) is 4. The Hall–Kier alpha value is -2.80. The van der Waals surface area contributed by atoms with E-state index in [1.54, 1.807) is 0 Å². The Morgan fingerprint density at radius 2 is 1.68 bits per heavy atom. The summed E-state index contributed by atoms with van der Waals surface area (Å²) in [6.07, 6.45) is 4.14. The number of carbonyl (C=O) groups is 2. The van der Waals surface area contributed by atoms with Crippen molar-refractivity contribution in [3.05, 3.63) is 54.1 Å². The van der Waals surface area contributed by atoms with Crippen LogP contribution in [0, 0.1) is 0 Å². The van der Waals surface area contributed by atoms with Gasteiger partial charge in [0, 0.05) is 25.3 Å². The predicted octanol–water partition coefficient (Wildman–Crippen LogP) is 3.73. The van der Waals surface area contributed by atoms with E-state index in [1.165, 1.54) is 17.3 Å². The van der Waals surface area contributed by atoms with Crippen LogP contribution >= 0.6 is 11.8 Å². The van der Waals surface area contributed by atoms with Gasteiger partial charge in [0.25, 0.3) is 0 Å². The van der Waals surface area contributed by atoms with Gasteiger partial charge in [-0.05, 0) is 49.4 Å². The molecule has 7 heteroatoms. The molecular weight excluding hydrogens is 408 g/mol. The van der Waals surface area contributed by atoms with Crippen LogP contribution in [-0.4, -0.2) is 51.7 Å². The molecule has 2 aliphatic heterocycles. The average Bonchev–Trinajstić information content (AvgIpc) is 3.46. The Bertz CT molecular complexity index is 1120. The first kappa shape index (κ1) is 20.1. The molecule has 0 aliphatic carbocycles. The molecule has 1 fully saturated rings. The number of para-hydroxylation sites is 3. The first-order valence-electron chi connectivity index (χ1n) is 10.9. The standard InChI is InChI=1S/C24H26N4O2S/c29-22(26-13-5-6-14-26)16-28-21-12-4-2-10-19(21)25-24(28)31-17-23(30)27-15-7-9-18-8-1-3-11-20(18)27/h1-4,8,10-12H,5-7,9,13-17H2. The van der Waals surface area contributed by atoms with Gasteiger partial charge in [0.2, 0.25) is 11.8 Å². The van der Waals surface area contributed by atoms with Crippen LogP contribution in [0.5, 0.6) is 0 Å². The maximum atomic E-state index is 13.1. The minimum atomic E-state index is 0.0848. The van der Waals surface area contributed by atoms with E-state index in [4.69, 9.17) is 4.98 Å². The number of likely N-dealkylation sites (tertiary alicyclic amines) is 1. The van der Waals surface area contributed by atoms with Crippen molar-refractivity contribution in [1.82, 2.24) is 14.5 Å². The third-order valence-corrected chi connectivity index (χ3v) is 7.07. The molecule has 1 aromatic heterocycles. The fourth-order valence-electron chi connectivity index (χ4n) is 4.52. The van der Waals surface area contributed by atoms with Crippen molar-refractivity contribution in [3.8, 4) is 0 Å². The summed E-state index contributed by atoms with van der Waals surface area (Å²) in [7, 11) is 0. The second kappa shape index (κ2) is 8.75. The number of amides is 2. The molecule has 160 valence electrons. The van der Waals surface area contributed by atoms with Crippen LogP contribution in [0.3, 0.4) is 0 Å². The van der Waals surface area contributed by atoms with Crippen molar-refractivity contribution in [2.45, 2.75) is 37.4 Å². The summed E-state index contributed by atoms with van der Waals surface area (Å²) >= 11 is 1.42. The van der Waals surface area contributed by atoms with Gasteiger partial charge in [0.05, 0.1) is 16.8 Å². The lowest BCUT2D eigenvalue weighted by atomic mass is 10.0. The molecule has 6 nitrogen and oxygen atoms in total. The lowest BCUT2D eigenvalue weighted by Crippen LogP contribution is -2.36. The molecule has 0 saturated carbocycles. The van der Waals surface area contributed by atoms with Crippen molar-refractivity contribution < 1.29 is 9.59 Å². The second-order valence-corrected chi connectivity index (χ2v) is 9.07. The van der Waals surface area contributed by atoms with Crippen molar-refractivity contribution in [2.75, 3.05) is 30.3 Å². The number of aromatic nitrogens is 2. The molecule has 0 bridgehead atoms. The summed E-state index contributed by atoms with van der Waals surface area (Å²) in [5.74, 6) is 0.510. The third-order valence-electron chi connectivity index (χ3n) is 6.11. The number of rotatable bonds is 5. The Balaban J connectivity index is 1.36. The highest BCUT2D eigenvalue weighted by Gasteiger charge is 2.24. The number of fused-ring (bicyclic) bond motifs is 2. The van der Waals surface area contributed by atoms with Gasteiger partial charge >= 0.3 is 0 Å². The zero-order chi connectivity index (χ0) is 21.2. The summed E-state index contributed by atoms with van der Waals surface area (Å²) in [6, 6.07) is 16.0. The van der Waals surface area contributed by atoms with Gasteiger partial charge in [0.15, 0.2) is 5.16 Å². The topological polar surface area (TPSA) is 58.4 Å². The highest BCUT2D eigenvalue weighted by molar-refractivity contribution is 7.99. The number of aryl methyl sites for hydroxylation is 1. The number of imidazole rings is 1. The Labute approximate surface area is 186 Å². The minimum Gasteiger partial charge on any atom is -0.341 e. The number of thioether (sulfide) groups is 1. The van der Waals surface area contributed by atoms with Gasteiger partial charge in [-0.2, -0.15) is 0 Å². The van der Waals surface area contributed by atoms with E-state index >= 15 is 0 Å². The van der Waals surface area contributed by atoms with Crippen molar-refractivity contribution in [1.29, 1.82) is 0 Å². The van der Waals surface area contributed by atoms with Crippen molar-refractivity contribution in [3.63, 3.8) is 0 Å². The Kier molecular flexibility index (Phi) is 5.68. The molecule has 0 atom stereocenters. The first-order valence-corrected chi connectivity index (χ1v) is 11.9. The minimum absolute atomic E-state index is 0.0848. The fraction of sp³-hybridized carbons (Fsp3) is 0.375. The molecule has 0 radical (unpaired) electrons. The smallest absolute Gasteiger partial charge is 0.242 e. The maximum absolute atomic E-state index is 13.1. The lowest BCUT2D eigenvalue weighted by Gasteiger charge is -2.29. The van der Waals surface area contributed by atoms with E-state index in [0.717, 1.165) is 67.2 Å². The van der Waals surface area contributed by atoms with Crippen molar-refractivity contribution >= 4 is 40.3 Å². The van der Waals surface area contributed by atoms with Gasteiger partial charge in [-0.25, -0.2) is 4.98 Å². The van der Waals surface area contributed by atoms with Crippen LogP contribution in [0.25, 0.3) is 11.0 Å². The van der Waals surface area contributed by atoms with Crippen LogP contribution in [0.2, 0.25) is 0 Å². The average molecular weight is 435 g/mol. The highest BCUT2D eigenvalue weighted by Crippen LogP contribution is 2.29. The molecule has 2 aromatic carbocycles. The zero-order valence-corrected chi connectivity index (χ0v) is 18.3. The quantitative estimate of drug-likeness (QED) is 0.574. The molecule has 0 N–H and O–H groups in total. The lowest BCUT2D eigenvalue weighted by molar-refractivity contribution is -0.130. The summed E-state index contributed by atoms with van der Waals surface area (Å²) in [4.78, 5) is 34.5. The van der Waals surface area contributed by atoms with Crippen molar-refractivity contribution in [2.24, 2.45) is 0 Å². The van der Waals surface area contributed by atoms with Crippen LogP contribution in [0.15, 0.2) is 53.7 Å². The second-order valence-electron chi connectivity index (χ2n) is 8.12. The largest absolute Gasteiger partial charge is 0.341 e. The Morgan fingerprint density at radius 3 is 2.55 bits per heavy atom. The van der Waals surface area contributed by atoms with E-state index < -0.39 is 0 Å². The third kappa shape index (κ3) is 4.06. The number of carbonyl (C=O) groups excluding carboxylic acids is 2. The molecule has 5 rings (SSSR count). The molecule has 0 unspecified atom stereocenters. The van der Waals surface area contributed by atoms with E-state index in [2.05, 4.69) is 6.07 Å². The zero-order valence-electron chi connectivity index (χ0n) is 17.5. The van der Waals surface area contributed by atoms with E-state index in [1.807, 2.05) is 56.8 Å². The molecule has 3 heterocycles. The van der Waals surface area contributed by atoms with E-state index in [-0.39, 0.29) is 18.4 Å². The molecule has 31 heavy (non-hydrogen) atoms. The monoisotopic (exact) mass is 434 g/mol. The van der Waals surface area contributed by atoms with Gasteiger partial charge in [-0.15, -0.1) is 0 Å². The molecule has 1 saturated heterocycles.